The summed E-state index contributed by atoms with van der Waals surface area (Å²) < 4.78 is 12.5. The molecule has 19 heteroatoms. The van der Waals surface area contributed by atoms with Gasteiger partial charge in [-0.3, -0.25) is 24.1 Å². The predicted octanol–water partition coefficient (Wildman–Crippen LogP) is 7.93. The molecule has 3 aliphatic rings. The summed E-state index contributed by atoms with van der Waals surface area (Å²) in [6, 6.07) is 22.8. The quantitative estimate of drug-likeness (QED) is 0.0392. The number of β-amino-alcohol motifs (C(OH)–C–C–N with tert-alkyl or cyclic N) is 1. The van der Waals surface area contributed by atoms with Crippen LogP contribution in [0.1, 0.15) is 116 Å². The van der Waals surface area contributed by atoms with Gasteiger partial charge in [-0.05, 0) is 92.5 Å². The average Bonchev–Trinajstić information content (AvgIpc) is 4.23. The van der Waals surface area contributed by atoms with Gasteiger partial charge in [0, 0.05) is 82.4 Å². The van der Waals surface area contributed by atoms with E-state index in [4.69, 9.17) is 15.2 Å². The lowest BCUT2D eigenvalue weighted by Gasteiger charge is -2.35. The van der Waals surface area contributed by atoms with Crippen molar-refractivity contribution >= 4 is 46.5 Å². The third kappa shape index (κ3) is 15.9. The first kappa shape index (κ1) is 58.3. The normalized spacial score (nSPS) is 18.7. The summed E-state index contributed by atoms with van der Waals surface area (Å²) in [5, 5.41) is 35.3. The highest BCUT2D eigenvalue weighted by Crippen LogP contribution is 2.34. The van der Waals surface area contributed by atoms with E-state index in [0.717, 1.165) is 104 Å². The molecule has 0 bridgehead atoms. The summed E-state index contributed by atoms with van der Waals surface area (Å²) >= 11 is 1.58. The summed E-state index contributed by atoms with van der Waals surface area (Å²) in [5.41, 5.74) is 12.4. The van der Waals surface area contributed by atoms with Gasteiger partial charge in [-0.1, -0.05) is 82.9 Å². The Balaban J connectivity index is 0.669. The highest BCUT2D eigenvalue weighted by atomic mass is 32.1. The lowest BCUT2D eigenvalue weighted by molar-refractivity contribution is -0.144. The number of hydrogen-bond donors (Lipinski definition) is 5. The van der Waals surface area contributed by atoms with Crippen molar-refractivity contribution < 1.29 is 38.9 Å². The number of carbonyl (C=O) groups is 4. The molecule has 3 fully saturated rings. The summed E-state index contributed by atoms with van der Waals surface area (Å²) in [4.78, 5) is 67.7. The van der Waals surface area contributed by atoms with Crippen LogP contribution in [0.5, 0.6) is 17.2 Å². The van der Waals surface area contributed by atoms with E-state index in [1.165, 1.54) is 4.90 Å². The third-order valence-corrected chi connectivity index (χ3v) is 16.3. The smallest absolute Gasteiger partial charge is 0.246 e. The molecule has 79 heavy (non-hydrogen) atoms. The molecule has 18 nitrogen and oxygen atoms in total. The van der Waals surface area contributed by atoms with Gasteiger partial charge in [-0.2, -0.15) is 0 Å². The zero-order chi connectivity index (χ0) is 56.1. The maximum Gasteiger partial charge on any atom is 0.246 e. The molecule has 0 spiro atoms. The molecule has 5 atom stereocenters. The molecule has 4 amide bonds. The fourth-order valence-corrected chi connectivity index (χ4v) is 11.5. The van der Waals surface area contributed by atoms with Crippen LogP contribution in [0, 0.1) is 12.3 Å². The summed E-state index contributed by atoms with van der Waals surface area (Å²) in [5.74, 6) is 0.859. The van der Waals surface area contributed by atoms with Crippen molar-refractivity contribution in [3.05, 3.63) is 95.6 Å². The molecule has 3 saturated heterocycles. The van der Waals surface area contributed by atoms with Crippen LogP contribution < -0.4 is 30.7 Å². The zero-order valence-corrected chi connectivity index (χ0v) is 47.4. The largest absolute Gasteiger partial charge is 0.507 e. The Morgan fingerprint density at radius 2 is 1.57 bits per heavy atom. The van der Waals surface area contributed by atoms with Crippen LogP contribution in [0.4, 0.5) is 11.5 Å². The monoisotopic (exact) mass is 1100 g/mol. The highest BCUT2D eigenvalue weighted by Gasteiger charge is 2.45. The Bertz CT molecular complexity index is 2820. The van der Waals surface area contributed by atoms with Crippen LogP contribution in [0.3, 0.4) is 0 Å². The number of carbonyl (C=O) groups excluding carboxylic acids is 4. The number of aliphatic hydroxyl groups excluding tert-OH is 1. The first-order valence-electron chi connectivity index (χ1n) is 28.2. The molecular weight excluding hydrogens is 1020 g/mol. The molecule has 8 rings (SSSR count). The number of phenols is 1. The standard InChI is InChI=1S/C60H80N10O8S/c1-40(42-20-22-43(23-21-42)55-41(2)62-39-79-55)63-58(75)50-35-45(71)37-70(50)59(76)56(60(3,4)5)64-53(73)18-10-8-6-7-9-11-19-54(74)68-31-29-67(30-32-68)33-34-77-46-26-24-44(25-27-46)69-28-14-15-47(38-69)78-52-36-49(65-66-57(52)61)48-16-12-13-17-51(48)72/h12-13,16-17,20-27,36,39-40,45,47,50,56,71-72H,6-11,14-15,18-19,28-35,37-38H2,1-5H3,(H2,61,66)(H,63,75)(H,64,73)/t40?,45-,47?,50+,56?/m1/s1. The molecule has 3 unspecified atom stereocenters. The molecule has 3 aromatic carbocycles. The number of nitrogens with two attached hydrogens (primary N) is 1. The van der Waals surface area contributed by atoms with Crippen LogP contribution in [-0.4, -0.2) is 147 Å². The van der Waals surface area contributed by atoms with Crippen molar-refractivity contribution in [1.29, 1.82) is 0 Å². The second-order valence-corrected chi connectivity index (χ2v) is 23.2. The Kier molecular flexibility index (Phi) is 20.2. The fourth-order valence-electron chi connectivity index (χ4n) is 10.7. The molecule has 0 saturated carbocycles. The van der Waals surface area contributed by atoms with E-state index in [9.17, 15) is 29.4 Å². The molecule has 5 heterocycles. The molecule has 424 valence electrons. The number of aromatic nitrogens is 3. The fraction of sp³-hybridized carbons (Fsp3) is 0.517. The summed E-state index contributed by atoms with van der Waals surface area (Å²) in [7, 11) is 0. The number of aromatic hydroxyl groups is 1. The maximum atomic E-state index is 14.1. The lowest BCUT2D eigenvalue weighted by atomic mass is 9.85. The van der Waals surface area contributed by atoms with E-state index in [1.807, 2.05) is 87.5 Å². The van der Waals surface area contributed by atoms with E-state index in [-0.39, 0.29) is 66.7 Å². The van der Waals surface area contributed by atoms with E-state index >= 15 is 0 Å². The number of ether oxygens (including phenoxy) is 2. The minimum atomic E-state index is -0.872. The van der Waals surface area contributed by atoms with E-state index in [1.54, 1.807) is 35.6 Å². The number of benzene rings is 3. The number of nitrogens with zero attached hydrogens (tertiary/aromatic N) is 7. The van der Waals surface area contributed by atoms with Crippen molar-refractivity contribution in [2.45, 2.75) is 136 Å². The van der Waals surface area contributed by atoms with Crippen LogP contribution in [-0.2, 0) is 19.2 Å². The second kappa shape index (κ2) is 27.4. The number of amides is 4. The number of aliphatic hydroxyl groups is 1. The van der Waals surface area contributed by atoms with Crippen molar-refractivity contribution in [1.82, 2.24) is 40.5 Å². The Hall–Kier alpha value is -6.83. The molecule has 0 radical (unpaired) electrons. The topological polar surface area (TPSA) is 229 Å². The average molecular weight is 1100 g/mol. The number of phenolic OH excluding ortho intramolecular Hbond substituents is 1. The molecule has 3 aliphatic heterocycles. The van der Waals surface area contributed by atoms with Crippen LogP contribution in [0.25, 0.3) is 21.7 Å². The highest BCUT2D eigenvalue weighted by molar-refractivity contribution is 7.13. The van der Waals surface area contributed by atoms with E-state index < -0.39 is 23.6 Å². The number of piperidine rings is 1. The number of likely N-dealkylation sites (tertiary alicyclic amines) is 1. The lowest BCUT2D eigenvalue weighted by Crippen LogP contribution is -2.57. The number of thiazole rings is 1. The first-order valence-corrected chi connectivity index (χ1v) is 29.0. The van der Waals surface area contributed by atoms with Gasteiger partial charge in [-0.25, -0.2) is 4.98 Å². The van der Waals surface area contributed by atoms with E-state index in [0.29, 0.717) is 56.1 Å². The Morgan fingerprint density at radius 3 is 2.27 bits per heavy atom. The first-order chi connectivity index (χ1) is 38.0. The van der Waals surface area contributed by atoms with Crippen LogP contribution in [0.15, 0.2) is 84.4 Å². The summed E-state index contributed by atoms with van der Waals surface area (Å²) in [6.07, 6.45) is 7.07. The van der Waals surface area contributed by atoms with Gasteiger partial charge in [0.25, 0.3) is 0 Å². The molecular formula is C60H80N10O8S. The van der Waals surface area contributed by atoms with Gasteiger partial charge in [-0.15, -0.1) is 21.5 Å². The molecule has 6 N–H and O–H groups in total. The van der Waals surface area contributed by atoms with Crippen LogP contribution in [0.2, 0.25) is 0 Å². The summed E-state index contributed by atoms with van der Waals surface area (Å²) in [6.45, 7) is 15.5. The number of anilines is 2. The number of hydrogen-bond acceptors (Lipinski definition) is 15. The minimum Gasteiger partial charge on any atom is -0.507 e. The number of nitrogen functional groups attached to an aromatic ring is 1. The Morgan fingerprint density at radius 1 is 0.861 bits per heavy atom. The SMILES string of the molecule is Cc1ncsc1-c1ccc(C(C)NC(=O)[C@@H]2C[C@@H](O)CN2C(=O)C(NC(=O)CCCCCCCCC(=O)N2CCN(CCOc3ccc(N4CCCC(Oc5cc(-c6ccccc6O)nnc5N)C4)cc3)CC2)C(C)(C)C)cc1. The van der Waals surface area contributed by atoms with Gasteiger partial charge in [0.2, 0.25) is 23.6 Å². The van der Waals surface area contributed by atoms with Crippen molar-refractivity contribution in [3.63, 3.8) is 0 Å². The number of para-hydroxylation sites is 1. The van der Waals surface area contributed by atoms with Gasteiger partial charge in [0.1, 0.15) is 42.0 Å². The number of aryl methyl sites for hydroxylation is 1. The van der Waals surface area contributed by atoms with Crippen LogP contribution >= 0.6 is 11.3 Å². The minimum absolute atomic E-state index is 0.0186. The third-order valence-electron chi connectivity index (χ3n) is 15.3. The van der Waals surface area contributed by atoms with Gasteiger partial charge in [0.15, 0.2) is 11.6 Å². The van der Waals surface area contributed by atoms with Gasteiger partial charge < -0.3 is 50.8 Å². The number of unbranched alkanes of at least 4 members (excludes halogenated alkanes) is 5. The molecule has 0 aliphatic carbocycles. The maximum absolute atomic E-state index is 14.1. The Labute approximate surface area is 469 Å². The molecule has 5 aromatic rings. The number of rotatable bonds is 23. The predicted molar refractivity (Wildman–Crippen MR) is 308 cm³/mol. The van der Waals surface area contributed by atoms with Crippen molar-refractivity contribution in [3.8, 4) is 38.9 Å². The van der Waals surface area contributed by atoms with Crippen molar-refractivity contribution in [2.24, 2.45) is 5.41 Å². The van der Waals surface area contributed by atoms with Gasteiger partial charge in [0.05, 0.1) is 34.8 Å². The van der Waals surface area contributed by atoms with E-state index in [2.05, 4.69) is 47.7 Å². The zero-order valence-electron chi connectivity index (χ0n) is 46.6. The number of piperazine rings is 1. The second-order valence-electron chi connectivity index (χ2n) is 22.4. The van der Waals surface area contributed by atoms with Crippen molar-refractivity contribution in [2.75, 3.05) is 69.6 Å². The van der Waals surface area contributed by atoms with Gasteiger partial charge >= 0.3 is 0 Å². The molecule has 2 aromatic heterocycles. The number of nitrogens with one attached hydrogen (secondary N) is 2.